The fourth-order valence-electron chi connectivity index (χ4n) is 3.16. The first-order valence-electron chi connectivity index (χ1n) is 7.70. The number of hydrogen-bond acceptors (Lipinski definition) is 6. The third kappa shape index (κ3) is 3.87. The van der Waals surface area contributed by atoms with Crippen LogP contribution in [0.5, 0.6) is 0 Å². The molecule has 23 heavy (non-hydrogen) atoms. The summed E-state index contributed by atoms with van der Waals surface area (Å²) in [5.41, 5.74) is 6.54. The molecule has 0 bridgehead atoms. The van der Waals surface area contributed by atoms with Crippen LogP contribution in [0.1, 0.15) is 30.9 Å². The van der Waals surface area contributed by atoms with E-state index in [-0.39, 0.29) is 35.9 Å². The predicted octanol–water partition coefficient (Wildman–Crippen LogP) is 0.713. The predicted molar refractivity (Wildman–Crippen MR) is 86.0 cm³/mol. The molecule has 0 aromatic carbocycles. The first kappa shape index (κ1) is 15.9. The Hall–Kier alpha value is -1.96. The molecule has 0 radical (unpaired) electrons. The zero-order valence-corrected chi connectivity index (χ0v) is 13.6. The monoisotopic (exact) mass is 336 g/mol. The van der Waals surface area contributed by atoms with Gasteiger partial charge in [0.15, 0.2) is 9.84 Å². The maximum Gasteiger partial charge on any atom is 0.223 e. The number of hydrogen-bond donors (Lipinski definition) is 1. The molecule has 124 valence electrons. The molecule has 3 rings (SSSR count). The Balaban J connectivity index is 1.53. The van der Waals surface area contributed by atoms with Crippen molar-refractivity contribution in [3.63, 3.8) is 0 Å². The number of likely N-dealkylation sites (tertiary alicyclic amines) is 1. The summed E-state index contributed by atoms with van der Waals surface area (Å²) in [4.78, 5) is 22.3. The SMILES string of the molecule is Nc1nccc(C2CCN(C(=O)C[C@H]3C=CS(=O)(=O)C3)CC2)n1. The van der Waals surface area contributed by atoms with Gasteiger partial charge in [-0.1, -0.05) is 6.08 Å². The van der Waals surface area contributed by atoms with Crippen LogP contribution in [0.15, 0.2) is 23.7 Å². The third-order valence-corrected chi connectivity index (χ3v) is 5.87. The van der Waals surface area contributed by atoms with Crippen LogP contribution >= 0.6 is 0 Å². The summed E-state index contributed by atoms with van der Waals surface area (Å²) in [6, 6.07) is 1.87. The molecule has 1 aromatic heterocycles. The van der Waals surface area contributed by atoms with Crippen LogP contribution in [0, 0.1) is 5.92 Å². The number of anilines is 1. The Morgan fingerprint density at radius 2 is 2.09 bits per heavy atom. The van der Waals surface area contributed by atoms with Gasteiger partial charge in [-0.25, -0.2) is 18.4 Å². The number of rotatable bonds is 3. The van der Waals surface area contributed by atoms with Crippen LogP contribution in [-0.4, -0.2) is 48.0 Å². The van der Waals surface area contributed by atoms with Gasteiger partial charge in [-0.15, -0.1) is 0 Å². The molecule has 0 spiro atoms. The summed E-state index contributed by atoms with van der Waals surface area (Å²) in [6.45, 7) is 1.33. The van der Waals surface area contributed by atoms with E-state index in [4.69, 9.17) is 5.73 Å². The summed E-state index contributed by atoms with van der Waals surface area (Å²) in [5.74, 6) is 0.450. The number of piperidine rings is 1. The number of nitrogen functional groups attached to an aromatic ring is 1. The molecule has 7 nitrogen and oxygen atoms in total. The van der Waals surface area contributed by atoms with Crippen molar-refractivity contribution < 1.29 is 13.2 Å². The number of aromatic nitrogens is 2. The van der Waals surface area contributed by atoms with E-state index in [0.717, 1.165) is 18.5 Å². The van der Waals surface area contributed by atoms with Gasteiger partial charge in [0.1, 0.15) is 0 Å². The van der Waals surface area contributed by atoms with Crippen molar-refractivity contribution in [3.8, 4) is 0 Å². The smallest absolute Gasteiger partial charge is 0.223 e. The van der Waals surface area contributed by atoms with Crippen LogP contribution < -0.4 is 5.73 Å². The Bertz CT molecular complexity index is 724. The lowest BCUT2D eigenvalue weighted by atomic mass is 9.93. The van der Waals surface area contributed by atoms with Crippen molar-refractivity contribution in [1.29, 1.82) is 0 Å². The number of sulfone groups is 1. The molecular weight excluding hydrogens is 316 g/mol. The first-order valence-corrected chi connectivity index (χ1v) is 9.41. The van der Waals surface area contributed by atoms with Crippen LogP contribution in [0.2, 0.25) is 0 Å². The van der Waals surface area contributed by atoms with E-state index < -0.39 is 9.84 Å². The van der Waals surface area contributed by atoms with Gasteiger partial charge in [-0.05, 0) is 18.9 Å². The normalized spacial score (nSPS) is 24.0. The number of amides is 1. The van der Waals surface area contributed by atoms with Gasteiger partial charge in [-0.3, -0.25) is 4.79 Å². The lowest BCUT2D eigenvalue weighted by Crippen LogP contribution is -2.39. The molecule has 1 atom stereocenters. The number of nitrogens with zero attached hydrogens (tertiary/aromatic N) is 3. The van der Waals surface area contributed by atoms with Gasteiger partial charge >= 0.3 is 0 Å². The summed E-state index contributed by atoms with van der Waals surface area (Å²) in [5, 5.41) is 1.22. The largest absolute Gasteiger partial charge is 0.368 e. The quantitative estimate of drug-likeness (QED) is 0.871. The highest BCUT2D eigenvalue weighted by molar-refractivity contribution is 7.94. The van der Waals surface area contributed by atoms with Crippen molar-refractivity contribution in [3.05, 3.63) is 29.4 Å². The highest BCUT2D eigenvalue weighted by Gasteiger charge is 2.29. The van der Waals surface area contributed by atoms with Gasteiger partial charge in [0.25, 0.3) is 0 Å². The summed E-state index contributed by atoms with van der Waals surface area (Å²) in [7, 11) is -3.10. The maximum atomic E-state index is 12.3. The Labute approximate surface area is 135 Å². The zero-order chi connectivity index (χ0) is 16.4. The maximum absolute atomic E-state index is 12.3. The van der Waals surface area contributed by atoms with Gasteiger partial charge in [0.05, 0.1) is 5.75 Å². The minimum Gasteiger partial charge on any atom is -0.368 e. The molecule has 2 N–H and O–H groups in total. The molecular formula is C15H20N4O3S. The summed E-state index contributed by atoms with van der Waals surface area (Å²) >= 11 is 0. The molecule has 1 fully saturated rings. The topological polar surface area (TPSA) is 106 Å². The average molecular weight is 336 g/mol. The number of allylic oxidation sites excluding steroid dienone is 1. The number of carbonyl (C=O) groups excluding carboxylic acids is 1. The number of nitrogens with two attached hydrogens (primary N) is 1. The number of carbonyl (C=O) groups is 1. The second-order valence-corrected chi connectivity index (χ2v) is 8.05. The van der Waals surface area contributed by atoms with Crippen molar-refractivity contribution >= 4 is 21.7 Å². The highest BCUT2D eigenvalue weighted by Crippen LogP contribution is 2.28. The Morgan fingerprint density at radius 3 is 2.70 bits per heavy atom. The fourth-order valence-corrected chi connectivity index (χ4v) is 4.56. The summed E-state index contributed by atoms with van der Waals surface area (Å²) in [6.07, 6.45) is 5.22. The second kappa shape index (κ2) is 6.27. The summed E-state index contributed by atoms with van der Waals surface area (Å²) < 4.78 is 22.8. The molecule has 0 saturated carbocycles. The van der Waals surface area contributed by atoms with Gasteiger partial charge in [-0.2, -0.15) is 0 Å². The standard InChI is InChI=1S/C15H20N4O3S/c16-15-17-5-1-13(18-15)12-2-6-19(7-3-12)14(20)9-11-4-8-23(21,22)10-11/h1,4-5,8,11-12H,2-3,6-7,9-10H2,(H2,16,17,18)/t11-/m1/s1. The van der Waals surface area contributed by atoms with E-state index >= 15 is 0 Å². The zero-order valence-electron chi connectivity index (χ0n) is 12.8. The molecule has 1 amide bonds. The molecule has 3 heterocycles. The minimum atomic E-state index is -3.10. The van der Waals surface area contributed by atoms with E-state index in [2.05, 4.69) is 9.97 Å². The Kier molecular flexibility index (Phi) is 4.34. The minimum absolute atomic E-state index is 0.0254. The third-order valence-electron chi connectivity index (χ3n) is 4.40. The average Bonchev–Trinajstić information content (AvgIpc) is 2.86. The van der Waals surface area contributed by atoms with E-state index in [1.54, 1.807) is 12.3 Å². The van der Waals surface area contributed by atoms with E-state index in [1.165, 1.54) is 5.41 Å². The Morgan fingerprint density at radius 1 is 1.35 bits per heavy atom. The van der Waals surface area contributed by atoms with E-state index in [9.17, 15) is 13.2 Å². The van der Waals surface area contributed by atoms with Crippen molar-refractivity contribution in [2.75, 3.05) is 24.6 Å². The molecule has 1 saturated heterocycles. The fraction of sp³-hybridized carbons (Fsp3) is 0.533. The van der Waals surface area contributed by atoms with Gasteiger partial charge in [0.2, 0.25) is 11.9 Å². The van der Waals surface area contributed by atoms with Crippen molar-refractivity contribution in [1.82, 2.24) is 14.9 Å². The molecule has 1 aromatic rings. The van der Waals surface area contributed by atoms with Crippen LogP contribution in [0.25, 0.3) is 0 Å². The second-order valence-electron chi connectivity index (χ2n) is 6.12. The van der Waals surface area contributed by atoms with E-state index in [1.807, 2.05) is 11.0 Å². The lowest BCUT2D eigenvalue weighted by molar-refractivity contribution is -0.132. The van der Waals surface area contributed by atoms with Crippen LogP contribution in [0.4, 0.5) is 5.95 Å². The highest BCUT2D eigenvalue weighted by atomic mass is 32.2. The molecule has 0 unspecified atom stereocenters. The van der Waals surface area contributed by atoms with Crippen LogP contribution in [-0.2, 0) is 14.6 Å². The first-order chi connectivity index (χ1) is 10.9. The molecule has 0 aliphatic carbocycles. The van der Waals surface area contributed by atoms with Gasteiger partial charge in [0, 0.05) is 48.6 Å². The molecule has 2 aliphatic rings. The van der Waals surface area contributed by atoms with Gasteiger partial charge < -0.3 is 10.6 Å². The van der Waals surface area contributed by atoms with Crippen molar-refractivity contribution in [2.45, 2.75) is 25.2 Å². The molecule has 8 heteroatoms. The lowest BCUT2D eigenvalue weighted by Gasteiger charge is -2.32. The van der Waals surface area contributed by atoms with Crippen molar-refractivity contribution in [2.24, 2.45) is 5.92 Å². The van der Waals surface area contributed by atoms with Crippen LogP contribution in [0.3, 0.4) is 0 Å². The molecule has 2 aliphatic heterocycles. The van der Waals surface area contributed by atoms with E-state index in [0.29, 0.717) is 13.1 Å².